The van der Waals surface area contributed by atoms with Gasteiger partial charge in [-0.2, -0.15) is 5.26 Å². The molecule has 3 rings (SSSR count). The van der Waals surface area contributed by atoms with Crippen LogP contribution in [0.2, 0.25) is 0 Å². The maximum atomic E-state index is 12.6. The molecular formula is C19H29N5O3. The zero-order chi connectivity index (χ0) is 19.4. The minimum absolute atomic E-state index is 0.00642. The first kappa shape index (κ1) is 19.6. The summed E-state index contributed by atoms with van der Waals surface area (Å²) >= 11 is 0. The van der Waals surface area contributed by atoms with Crippen molar-refractivity contribution < 1.29 is 14.4 Å². The lowest BCUT2D eigenvalue weighted by Gasteiger charge is -2.31. The van der Waals surface area contributed by atoms with E-state index in [1.807, 2.05) is 0 Å². The summed E-state index contributed by atoms with van der Waals surface area (Å²) in [6.45, 7) is 2.00. The highest BCUT2D eigenvalue weighted by atomic mass is 16.2. The summed E-state index contributed by atoms with van der Waals surface area (Å²) < 4.78 is 0. The Morgan fingerprint density at radius 2 is 1.78 bits per heavy atom. The van der Waals surface area contributed by atoms with Crippen LogP contribution in [0, 0.1) is 23.2 Å². The number of carbonyl (C=O) groups excluding carboxylic acids is 3. The molecule has 0 spiro atoms. The average molecular weight is 375 g/mol. The molecule has 1 unspecified atom stereocenters. The number of nitrogens with zero attached hydrogens (tertiary/aromatic N) is 3. The Morgan fingerprint density at radius 3 is 2.41 bits per heavy atom. The standard InChI is InChI=1S/C19H29N5O3/c20-10-16-2-1-8-24(16)17(25)11-22-15-5-3-13(4-6-15)19(27)23-9-7-14(12-23)18(21)26/h13-16,22H,1-9,11-12H2,(H2,21,26)/t13?,14?,15?,16-/m0/s1. The molecular weight excluding hydrogens is 346 g/mol. The molecule has 0 bridgehead atoms. The third-order valence-corrected chi connectivity index (χ3v) is 6.24. The second-order valence-corrected chi connectivity index (χ2v) is 7.98. The van der Waals surface area contributed by atoms with Gasteiger partial charge < -0.3 is 20.9 Å². The molecule has 3 fully saturated rings. The highest BCUT2D eigenvalue weighted by molar-refractivity contribution is 5.82. The van der Waals surface area contributed by atoms with Gasteiger partial charge in [-0.05, 0) is 44.9 Å². The lowest BCUT2D eigenvalue weighted by Crippen LogP contribution is -2.45. The first-order valence-electron chi connectivity index (χ1n) is 10.00. The molecule has 1 aliphatic carbocycles. The number of amides is 3. The number of primary amides is 1. The Kier molecular flexibility index (Phi) is 6.32. The van der Waals surface area contributed by atoms with Crippen molar-refractivity contribution in [1.29, 1.82) is 5.26 Å². The van der Waals surface area contributed by atoms with E-state index in [2.05, 4.69) is 11.4 Å². The molecule has 0 aromatic rings. The Labute approximate surface area is 160 Å². The molecule has 8 heteroatoms. The number of rotatable bonds is 5. The molecule has 2 atom stereocenters. The van der Waals surface area contributed by atoms with Gasteiger partial charge in [0, 0.05) is 31.6 Å². The third-order valence-electron chi connectivity index (χ3n) is 6.24. The Morgan fingerprint density at radius 1 is 1.04 bits per heavy atom. The van der Waals surface area contributed by atoms with Crippen molar-refractivity contribution in [3.05, 3.63) is 0 Å². The molecule has 2 heterocycles. The molecule has 3 amide bonds. The first-order chi connectivity index (χ1) is 13.0. The van der Waals surface area contributed by atoms with E-state index in [1.54, 1.807) is 9.80 Å². The van der Waals surface area contributed by atoms with Crippen molar-refractivity contribution in [2.45, 2.75) is 57.0 Å². The van der Waals surface area contributed by atoms with Crippen LogP contribution in [0.5, 0.6) is 0 Å². The van der Waals surface area contributed by atoms with Crippen molar-refractivity contribution in [1.82, 2.24) is 15.1 Å². The van der Waals surface area contributed by atoms with E-state index in [1.165, 1.54) is 0 Å². The van der Waals surface area contributed by atoms with E-state index in [-0.39, 0.29) is 48.2 Å². The number of carbonyl (C=O) groups is 3. The molecule has 2 aliphatic heterocycles. The van der Waals surface area contributed by atoms with Gasteiger partial charge in [0.15, 0.2) is 0 Å². The SMILES string of the molecule is N#C[C@@H]1CCCN1C(=O)CNC1CCC(C(=O)N2CCC(C(N)=O)C2)CC1. The summed E-state index contributed by atoms with van der Waals surface area (Å²) in [5.41, 5.74) is 5.34. The van der Waals surface area contributed by atoms with Gasteiger partial charge in [0.05, 0.1) is 18.5 Å². The van der Waals surface area contributed by atoms with Crippen LogP contribution < -0.4 is 11.1 Å². The average Bonchev–Trinajstić information content (AvgIpc) is 3.35. The molecule has 148 valence electrons. The van der Waals surface area contributed by atoms with Crippen LogP contribution >= 0.6 is 0 Å². The summed E-state index contributed by atoms with van der Waals surface area (Å²) in [5.74, 6) is -0.388. The number of nitrogens with one attached hydrogen (secondary N) is 1. The van der Waals surface area contributed by atoms with Crippen molar-refractivity contribution in [2.24, 2.45) is 17.6 Å². The summed E-state index contributed by atoms with van der Waals surface area (Å²) in [6, 6.07) is 2.15. The maximum Gasteiger partial charge on any atom is 0.237 e. The van der Waals surface area contributed by atoms with Gasteiger partial charge >= 0.3 is 0 Å². The maximum absolute atomic E-state index is 12.6. The van der Waals surface area contributed by atoms with Crippen LogP contribution in [0.4, 0.5) is 0 Å². The number of hydrogen-bond donors (Lipinski definition) is 2. The van der Waals surface area contributed by atoms with Gasteiger partial charge in [-0.1, -0.05) is 0 Å². The fourth-order valence-electron chi connectivity index (χ4n) is 4.53. The monoisotopic (exact) mass is 375 g/mol. The molecule has 1 saturated carbocycles. The number of hydrogen-bond acceptors (Lipinski definition) is 5. The van der Waals surface area contributed by atoms with Gasteiger partial charge in [0.1, 0.15) is 6.04 Å². The molecule has 2 saturated heterocycles. The fourth-order valence-corrected chi connectivity index (χ4v) is 4.53. The second-order valence-electron chi connectivity index (χ2n) is 7.98. The topological polar surface area (TPSA) is 120 Å². The van der Waals surface area contributed by atoms with E-state index >= 15 is 0 Å². The highest BCUT2D eigenvalue weighted by Crippen LogP contribution is 2.28. The van der Waals surface area contributed by atoms with Crippen LogP contribution in [0.15, 0.2) is 0 Å². The second kappa shape index (κ2) is 8.70. The fraction of sp³-hybridized carbons (Fsp3) is 0.789. The van der Waals surface area contributed by atoms with Crippen LogP contribution in [0.25, 0.3) is 0 Å². The molecule has 0 radical (unpaired) electrons. The van der Waals surface area contributed by atoms with Crippen LogP contribution in [-0.2, 0) is 14.4 Å². The predicted molar refractivity (Wildman–Crippen MR) is 98.0 cm³/mol. The van der Waals surface area contributed by atoms with Crippen molar-refractivity contribution >= 4 is 17.7 Å². The lowest BCUT2D eigenvalue weighted by atomic mass is 9.85. The first-order valence-corrected chi connectivity index (χ1v) is 10.00. The molecule has 0 aromatic heterocycles. The molecule has 8 nitrogen and oxygen atoms in total. The zero-order valence-corrected chi connectivity index (χ0v) is 15.7. The Bertz CT molecular complexity index is 623. The smallest absolute Gasteiger partial charge is 0.237 e. The minimum Gasteiger partial charge on any atom is -0.369 e. The zero-order valence-electron chi connectivity index (χ0n) is 15.7. The van der Waals surface area contributed by atoms with E-state index in [9.17, 15) is 14.4 Å². The number of nitrogens with two attached hydrogens (primary N) is 1. The summed E-state index contributed by atoms with van der Waals surface area (Å²) in [4.78, 5) is 39.7. The minimum atomic E-state index is -0.320. The van der Waals surface area contributed by atoms with Crippen LogP contribution in [0.3, 0.4) is 0 Å². The molecule has 0 aromatic carbocycles. The quantitative estimate of drug-likeness (QED) is 0.700. The normalized spacial score (nSPS) is 30.9. The van der Waals surface area contributed by atoms with Gasteiger partial charge in [-0.3, -0.25) is 14.4 Å². The summed E-state index contributed by atoms with van der Waals surface area (Å²) in [5, 5.41) is 12.4. The number of likely N-dealkylation sites (tertiary alicyclic amines) is 2. The van der Waals surface area contributed by atoms with E-state index < -0.39 is 0 Å². The van der Waals surface area contributed by atoms with E-state index in [0.717, 1.165) is 38.5 Å². The predicted octanol–water partition coefficient (Wildman–Crippen LogP) is -0.0168. The largest absolute Gasteiger partial charge is 0.369 e. The molecule has 3 N–H and O–H groups in total. The van der Waals surface area contributed by atoms with E-state index in [0.29, 0.717) is 26.1 Å². The highest BCUT2D eigenvalue weighted by Gasteiger charge is 2.35. The van der Waals surface area contributed by atoms with Crippen molar-refractivity contribution in [3.8, 4) is 6.07 Å². The Balaban J connectivity index is 1.39. The lowest BCUT2D eigenvalue weighted by molar-refractivity contribution is -0.136. The summed E-state index contributed by atoms with van der Waals surface area (Å²) in [7, 11) is 0. The Hall–Kier alpha value is -2.14. The number of nitriles is 1. The summed E-state index contributed by atoms with van der Waals surface area (Å²) in [6.07, 6.45) is 5.64. The van der Waals surface area contributed by atoms with Crippen molar-refractivity contribution in [3.63, 3.8) is 0 Å². The molecule has 27 heavy (non-hydrogen) atoms. The van der Waals surface area contributed by atoms with Gasteiger partial charge in [0.25, 0.3) is 0 Å². The molecule has 3 aliphatic rings. The van der Waals surface area contributed by atoms with Gasteiger partial charge in [0.2, 0.25) is 17.7 Å². The van der Waals surface area contributed by atoms with E-state index in [4.69, 9.17) is 11.0 Å². The van der Waals surface area contributed by atoms with Gasteiger partial charge in [-0.25, -0.2) is 0 Å². The third kappa shape index (κ3) is 4.59. The van der Waals surface area contributed by atoms with Crippen LogP contribution in [-0.4, -0.2) is 65.8 Å². The van der Waals surface area contributed by atoms with Crippen molar-refractivity contribution in [2.75, 3.05) is 26.2 Å². The van der Waals surface area contributed by atoms with Gasteiger partial charge in [-0.15, -0.1) is 0 Å². The van der Waals surface area contributed by atoms with Crippen LogP contribution in [0.1, 0.15) is 44.9 Å².